The number of methoxy groups -OCH3 is 2. The van der Waals surface area contributed by atoms with Crippen molar-refractivity contribution in [1.29, 1.82) is 0 Å². The van der Waals surface area contributed by atoms with Crippen LogP contribution in [0.1, 0.15) is 46.8 Å². The van der Waals surface area contributed by atoms with E-state index in [1.807, 2.05) is 4.98 Å². The minimum absolute atomic E-state index is 0.0507. The van der Waals surface area contributed by atoms with Crippen molar-refractivity contribution in [2.75, 3.05) is 45.3 Å². The van der Waals surface area contributed by atoms with Crippen LogP contribution < -0.4 is 58.9 Å². The fourth-order valence-electron chi connectivity index (χ4n) is 9.26. The van der Waals surface area contributed by atoms with E-state index in [4.69, 9.17) is 35.2 Å². The number of nitrogens with two attached hydrogens (primary N) is 2. The van der Waals surface area contributed by atoms with Gasteiger partial charge in [0.15, 0.2) is 18.5 Å². The van der Waals surface area contributed by atoms with Crippen LogP contribution in [0.15, 0.2) is 51.1 Å². The van der Waals surface area contributed by atoms with Crippen molar-refractivity contribution in [1.82, 2.24) is 41.0 Å². The third-order valence-corrected chi connectivity index (χ3v) is 13.4. The number of urea groups is 2. The first kappa shape index (κ1) is 58.5. The number of aromatic nitrogens is 2. The number of carboxylic acids is 1. The molecule has 1 aromatic carbocycles. The number of nitrogens with one attached hydrogen (secondary N) is 6. The van der Waals surface area contributed by atoms with Gasteiger partial charge in [-0.15, -0.1) is 0 Å². The first-order chi connectivity index (χ1) is 36.0. The number of carboxylic acid groups (broad SMARTS) is 1. The molecule has 76 heavy (non-hydrogen) atoms. The Labute approximate surface area is 434 Å². The number of benzene rings is 1. The van der Waals surface area contributed by atoms with Gasteiger partial charge in [-0.1, -0.05) is 27.7 Å². The molecule has 0 bridgehead atoms. The highest BCUT2D eigenvalue weighted by atomic mass is 16.7. The normalized spacial score (nSPS) is 27.6. The maximum atomic E-state index is 15.0. The van der Waals surface area contributed by atoms with Gasteiger partial charge in [0.1, 0.15) is 72.6 Å². The lowest BCUT2D eigenvalue weighted by Gasteiger charge is -2.36. The summed E-state index contributed by atoms with van der Waals surface area (Å²) >= 11 is 0. The quantitative estimate of drug-likeness (QED) is 0.0366. The summed E-state index contributed by atoms with van der Waals surface area (Å²) < 4.78 is 30.0. The highest BCUT2D eigenvalue weighted by molar-refractivity contribution is 6.21. The lowest BCUT2D eigenvalue weighted by atomic mass is 9.97. The number of aromatic amines is 1. The maximum Gasteiger partial charge on any atom is 0.332 e. The van der Waals surface area contributed by atoms with Gasteiger partial charge in [0.25, 0.3) is 11.5 Å². The van der Waals surface area contributed by atoms with E-state index in [1.54, 1.807) is 27.7 Å². The van der Waals surface area contributed by atoms with E-state index in [2.05, 4.69) is 31.6 Å². The zero-order chi connectivity index (χ0) is 55.9. The number of carbonyl (C=O) groups is 6. The number of aliphatic hydroxyl groups excluding tert-OH is 4. The summed E-state index contributed by atoms with van der Waals surface area (Å²) in [4.78, 5) is 116. The number of hydrogen-bond acceptors (Lipinski definition) is 21. The van der Waals surface area contributed by atoms with Crippen LogP contribution in [0.3, 0.4) is 0 Å². The van der Waals surface area contributed by atoms with Gasteiger partial charge >= 0.3 is 23.7 Å². The monoisotopic (exact) mass is 1080 g/mol. The number of rotatable bonds is 23. The van der Waals surface area contributed by atoms with Crippen LogP contribution in [0.2, 0.25) is 0 Å². The zero-order valence-corrected chi connectivity index (χ0v) is 42.5. The second-order valence-electron chi connectivity index (χ2n) is 19.2. The standard InChI is InChI=1S/C46H68N12O18/c1-19(2)26(41(67)68)54-44(69)55-27(23-12-15-50-43(48)51-23)38(65)53-28(30(60)20(3)4)37(64)49-14-7-16-56-29(39(66)58(46(56)71)21-8-10-22(72-5)11-9-21)34(76-42-36(73-6)31(61)24(18-47)74-42)35-32(62)33(63)40(75-35)57-17-13-25(59)52-45(57)70/h8-11,13,17,19-20,23-24,26-36,40,42,60-63H,7,12,14-16,18,47H2,1-6H3,(H,49,64)(H,53,65)(H,67,68)(H3,48,50,51)(H,52,59,70)(H2,54,55,69)/t23?,24-,26?,27?,28?,29?,30?,31+,32+,33-,34-,35+,36-,40-,42?/m1/s1. The molecule has 4 aliphatic rings. The second kappa shape index (κ2) is 25.4. The highest BCUT2D eigenvalue weighted by Crippen LogP contribution is 2.39. The summed E-state index contributed by atoms with van der Waals surface area (Å²) in [5.74, 6) is -5.03. The molecule has 2 aromatic rings. The number of amides is 7. The summed E-state index contributed by atoms with van der Waals surface area (Å²) in [7, 11) is 2.64. The Morgan fingerprint density at radius 2 is 1.61 bits per heavy atom. The molecule has 420 valence electrons. The predicted molar refractivity (Wildman–Crippen MR) is 263 cm³/mol. The molecule has 4 aliphatic heterocycles. The van der Waals surface area contributed by atoms with Gasteiger partial charge < -0.3 is 92.2 Å². The Hall–Kier alpha value is -6.77. The van der Waals surface area contributed by atoms with E-state index >= 15 is 0 Å². The smallest absolute Gasteiger partial charge is 0.332 e. The summed E-state index contributed by atoms with van der Waals surface area (Å²) in [6, 6.07) is -2.40. The molecular weight excluding hydrogens is 1010 g/mol. The number of H-pyrrole nitrogens is 1. The van der Waals surface area contributed by atoms with Crippen LogP contribution in [-0.2, 0) is 38.1 Å². The maximum absolute atomic E-state index is 15.0. The summed E-state index contributed by atoms with van der Waals surface area (Å²) in [6.07, 6.45) is -15.0. The number of anilines is 1. The molecule has 1 aromatic heterocycles. The second-order valence-corrected chi connectivity index (χ2v) is 19.2. The molecule has 0 radical (unpaired) electrons. The summed E-state index contributed by atoms with van der Waals surface area (Å²) in [5.41, 5.74) is 10.0. The molecule has 15 N–H and O–H groups in total. The zero-order valence-electron chi connectivity index (χ0n) is 42.5. The van der Waals surface area contributed by atoms with Crippen molar-refractivity contribution in [3.63, 3.8) is 0 Å². The number of hydrogen-bond donors (Lipinski definition) is 13. The van der Waals surface area contributed by atoms with Gasteiger partial charge in [0.2, 0.25) is 11.8 Å². The Morgan fingerprint density at radius 1 is 0.908 bits per heavy atom. The van der Waals surface area contributed by atoms with Crippen molar-refractivity contribution in [2.45, 2.75) is 132 Å². The molecule has 7 unspecified atom stereocenters. The van der Waals surface area contributed by atoms with Crippen LogP contribution in [0.25, 0.3) is 0 Å². The first-order valence-electron chi connectivity index (χ1n) is 24.5. The van der Waals surface area contributed by atoms with Gasteiger partial charge in [0, 0.05) is 45.6 Å². The van der Waals surface area contributed by atoms with Crippen molar-refractivity contribution < 1.29 is 78.0 Å². The highest BCUT2D eigenvalue weighted by Gasteiger charge is 2.59. The van der Waals surface area contributed by atoms with E-state index in [0.29, 0.717) is 5.75 Å². The van der Waals surface area contributed by atoms with Gasteiger partial charge in [-0.3, -0.25) is 33.7 Å². The van der Waals surface area contributed by atoms with Crippen LogP contribution in [0.5, 0.6) is 5.75 Å². The number of ether oxygens (including phenoxy) is 5. The molecule has 0 aliphatic carbocycles. The van der Waals surface area contributed by atoms with E-state index in [-0.39, 0.29) is 50.7 Å². The van der Waals surface area contributed by atoms with Crippen LogP contribution in [0, 0.1) is 11.8 Å². The lowest BCUT2D eigenvalue weighted by molar-refractivity contribution is -0.232. The van der Waals surface area contributed by atoms with Gasteiger partial charge in [-0.2, -0.15) is 0 Å². The number of aliphatic carboxylic acids is 1. The van der Waals surface area contributed by atoms with Crippen molar-refractivity contribution in [3.05, 3.63) is 57.4 Å². The Balaban J connectivity index is 1.29. The minimum Gasteiger partial charge on any atom is -0.497 e. The van der Waals surface area contributed by atoms with E-state index in [1.165, 1.54) is 38.5 Å². The number of aliphatic hydroxyl groups is 4. The molecule has 30 heteroatoms. The number of imide groups is 1. The molecular formula is C46H68N12O18. The predicted octanol–water partition coefficient (Wildman–Crippen LogP) is -5.09. The van der Waals surface area contributed by atoms with Crippen molar-refractivity contribution >= 4 is 47.4 Å². The average molecular weight is 1080 g/mol. The lowest BCUT2D eigenvalue weighted by Crippen LogP contribution is -2.66. The largest absolute Gasteiger partial charge is 0.497 e. The van der Waals surface area contributed by atoms with Crippen LogP contribution in [0.4, 0.5) is 15.3 Å². The SMILES string of the molecule is COc1ccc(N2C(=O)C([C@@H](OC3O[C@H](CN)[C@H](O)[C@H]3OC)[C@H]3O[C@@H](n4ccc(=O)[nH]c4=O)[C@H](O)[C@@H]3O)N(CCCNC(=O)C(NC(=O)C(NC(=O)NC(C(=O)O)C(C)C)C3CCN=C(N)N3)C(O)C(C)C)C2=O)cc1. The van der Waals surface area contributed by atoms with Gasteiger partial charge in [0.05, 0.1) is 24.9 Å². The van der Waals surface area contributed by atoms with Crippen molar-refractivity contribution in [2.24, 2.45) is 28.3 Å². The number of carbonyl (C=O) groups excluding carboxylic acids is 5. The van der Waals surface area contributed by atoms with Gasteiger partial charge in [-0.25, -0.2) is 24.1 Å². The number of nitrogens with zero attached hydrogens (tertiary/aromatic N) is 4. The number of guanidine groups is 1. The fourth-order valence-corrected chi connectivity index (χ4v) is 9.26. The van der Waals surface area contributed by atoms with E-state index in [9.17, 15) is 63.9 Å². The molecule has 30 nitrogen and oxygen atoms in total. The summed E-state index contributed by atoms with van der Waals surface area (Å²) in [6.45, 7) is 5.54. The molecule has 3 saturated heterocycles. The number of aliphatic imine (C=N–C) groups is 1. The first-order valence-corrected chi connectivity index (χ1v) is 24.5. The van der Waals surface area contributed by atoms with Crippen molar-refractivity contribution in [3.8, 4) is 5.75 Å². The Bertz CT molecular complexity index is 2550. The topological polar surface area (TPSA) is 436 Å². The third kappa shape index (κ3) is 12.9. The average Bonchev–Trinajstić information content (AvgIpc) is 3.95. The van der Waals surface area contributed by atoms with E-state index in [0.717, 1.165) is 26.6 Å². The molecule has 3 fully saturated rings. The Morgan fingerprint density at radius 3 is 2.20 bits per heavy atom. The van der Waals surface area contributed by atoms with E-state index < -0.39 is 150 Å². The van der Waals surface area contributed by atoms with Crippen LogP contribution in [-0.4, -0.2) is 207 Å². The summed E-state index contributed by atoms with van der Waals surface area (Å²) in [5, 5.41) is 67.9. The molecule has 6 rings (SSSR count). The van der Waals surface area contributed by atoms with Gasteiger partial charge in [-0.05, 0) is 48.9 Å². The molecule has 0 saturated carbocycles. The third-order valence-electron chi connectivity index (χ3n) is 13.4. The molecule has 5 heterocycles. The molecule has 7 amide bonds. The molecule has 0 spiro atoms. The minimum atomic E-state index is -1.98. The molecule has 15 atom stereocenters. The Kier molecular flexibility index (Phi) is 19.5. The fraction of sp³-hybridized carbons (Fsp3) is 0.630. The van der Waals surface area contributed by atoms with Crippen LogP contribution >= 0.6 is 0 Å².